The summed E-state index contributed by atoms with van der Waals surface area (Å²) in [6.45, 7) is 7.92. The minimum atomic E-state index is -0.451. The largest absolute Gasteiger partial charge is 0.344 e. The Morgan fingerprint density at radius 3 is 2.75 bits per heavy atom. The van der Waals surface area contributed by atoms with Gasteiger partial charge in [-0.15, -0.1) is 0 Å². The molecule has 2 heterocycles. The standard InChI is InChI=1S/C20H23N3O/c1-5-7-13-8-6-9-14(10-13)16-12-22-19-17(23-16)15(11-21-19)18(24)20(2,3)4/h6,8-12H,5,7H2,1-4H3,(H,21,22). The van der Waals surface area contributed by atoms with Crippen LogP contribution < -0.4 is 0 Å². The molecule has 4 heteroatoms. The molecule has 0 atom stereocenters. The van der Waals surface area contributed by atoms with E-state index in [2.05, 4.69) is 29.0 Å². The van der Waals surface area contributed by atoms with Crippen LogP contribution in [0.5, 0.6) is 0 Å². The summed E-state index contributed by atoms with van der Waals surface area (Å²) >= 11 is 0. The Labute approximate surface area is 142 Å². The van der Waals surface area contributed by atoms with Gasteiger partial charge in [-0.25, -0.2) is 9.97 Å². The van der Waals surface area contributed by atoms with Crippen LogP contribution in [-0.4, -0.2) is 20.7 Å². The second-order valence-electron chi connectivity index (χ2n) is 7.18. The van der Waals surface area contributed by atoms with Crippen molar-refractivity contribution < 1.29 is 4.79 Å². The van der Waals surface area contributed by atoms with Gasteiger partial charge in [0.25, 0.3) is 0 Å². The van der Waals surface area contributed by atoms with Crippen molar-refractivity contribution in [1.29, 1.82) is 0 Å². The molecule has 0 bridgehead atoms. The molecule has 1 N–H and O–H groups in total. The van der Waals surface area contributed by atoms with Crippen molar-refractivity contribution in [2.45, 2.75) is 40.5 Å². The Morgan fingerprint density at radius 1 is 1.25 bits per heavy atom. The Bertz CT molecular complexity index is 887. The summed E-state index contributed by atoms with van der Waals surface area (Å²) in [5.41, 5.74) is 4.57. The van der Waals surface area contributed by atoms with Crippen molar-refractivity contribution in [2.24, 2.45) is 5.41 Å². The number of carbonyl (C=O) groups is 1. The van der Waals surface area contributed by atoms with E-state index < -0.39 is 5.41 Å². The maximum atomic E-state index is 12.6. The van der Waals surface area contributed by atoms with Gasteiger partial charge in [0.1, 0.15) is 5.52 Å². The van der Waals surface area contributed by atoms with Crippen molar-refractivity contribution in [3.05, 3.63) is 47.8 Å². The Balaban J connectivity index is 2.08. The number of aromatic nitrogens is 3. The highest BCUT2D eigenvalue weighted by atomic mass is 16.1. The van der Waals surface area contributed by atoms with Crippen molar-refractivity contribution in [3.8, 4) is 11.3 Å². The van der Waals surface area contributed by atoms with Crippen LogP contribution in [0.4, 0.5) is 0 Å². The number of carbonyl (C=O) groups excluding carboxylic acids is 1. The van der Waals surface area contributed by atoms with E-state index in [1.165, 1.54) is 5.56 Å². The number of fused-ring (bicyclic) bond motifs is 1. The zero-order chi connectivity index (χ0) is 17.3. The molecule has 124 valence electrons. The average Bonchev–Trinajstić information content (AvgIpc) is 2.96. The van der Waals surface area contributed by atoms with Crippen LogP contribution in [0.1, 0.15) is 50.0 Å². The van der Waals surface area contributed by atoms with Crippen LogP contribution in [0.15, 0.2) is 36.7 Å². The quantitative estimate of drug-likeness (QED) is 0.702. The van der Waals surface area contributed by atoms with E-state index in [4.69, 9.17) is 4.98 Å². The minimum absolute atomic E-state index is 0.0694. The third-order valence-electron chi connectivity index (χ3n) is 4.07. The smallest absolute Gasteiger partial charge is 0.171 e. The van der Waals surface area contributed by atoms with E-state index >= 15 is 0 Å². The monoisotopic (exact) mass is 321 g/mol. The van der Waals surface area contributed by atoms with Crippen LogP contribution in [-0.2, 0) is 6.42 Å². The van der Waals surface area contributed by atoms with Gasteiger partial charge in [0.2, 0.25) is 0 Å². The number of ketones is 1. The fourth-order valence-corrected chi connectivity index (χ4v) is 2.78. The molecule has 1 aromatic carbocycles. The van der Waals surface area contributed by atoms with E-state index in [9.17, 15) is 4.79 Å². The number of aromatic amines is 1. The highest BCUT2D eigenvalue weighted by Gasteiger charge is 2.26. The number of nitrogens with one attached hydrogen (secondary N) is 1. The minimum Gasteiger partial charge on any atom is -0.344 e. The summed E-state index contributed by atoms with van der Waals surface area (Å²) in [4.78, 5) is 24.9. The normalized spacial score (nSPS) is 11.8. The Morgan fingerprint density at radius 2 is 2.04 bits per heavy atom. The fraction of sp³-hybridized carbons (Fsp3) is 0.350. The lowest BCUT2D eigenvalue weighted by atomic mass is 9.87. The summed E-state index contributed by atoms with van der Waals surface area (Å²) in [7, 11) is 0. The first kappa shape index (κ1) is 16.4. The van der Waals surface area contributed by atoms with E-state index in [0.717, 1.165) is 24.1 Å². The van der Waals surface area contributed by atoms with Crippen molar-refractivity contribution >= 4 is 16.9 Å². The molecule has 4 nitrogen and oxygen atoms in total. The molecule has 0 spiro atoms. The number of hydrogen-bond acceptors (Lipinski definition) is 3. The zero-order valence-corrected chi connectivity index (χ0v) is 14.7. The number of nitrogens with zero attached hydrogens (tertiary/aromatic N) is 2. The summed E-state index contributed by atoms with van der Waals surface area (Å²) in [5, 5.41) is 0. The molecule has 0 aliphatic rings. The van der Waals surface area contributed by atoms with Gasteiger partial charge in [-0.05, 0) is 18.1 Å². The van der Waals surface area contributed by atoms with Crippen molar-refractivity contribution in [1.82, 2.24) is 15.0 Å². The summed E-state index contributed by atoms with van der Waals surface area (Å²) in [6.07, 6.45) is 5.63. The lowest BCUT2D eigenvalue weighted by molar-refractivity contribution is 0.0860. The maximum absolute atomic E-state index is 12.6. The van der Waals surface area contributed by atoms with Crippen molar-refractivity contribution in [3.63, 3.8) is 0 Å². The van der Waals surface area contributed by atoms with Gasteiger partial charge >= 0.3 is 0 Å². The molecule has 0 radical (unpaired) electrons. The van der Waals surface area contributed by atoms with E-state index in [1.807, 2.05) is 32.9 Å². The van der Waals surface area contributed by atoms with Crippen LogP contribution in [0.2, 0.25) is 0 Å². The van der Waals surface area contributed by atoms with Gasteiger partial charge in [0.05, 0.1) is 17.5 Å². The maximum Gasteiger partial charge on any atom is 0.171 e. The molecule has 0 unspecified atom stereocenters. The SMILES string of the molecule is CCCc1cccc(-c2cnc3[nH]cc(C(=O)C(C)(C)C)c3n2)c1. The lowest BCUT2D eigenvalue weighted by Crippen LogP contribution is -2.20. The molecule has 3 aromatic rings. The third-order valence-corrected chi connectivity index (χ3v) is 4.07. The first-order chi connectivity index (χ1) is 11.4. The first-order valence-electron chi connectivity index (χ1n) is 8.38. The van der Waals surface area contributed by atoms with Crippen molar-refractivity contribution in [2.75, 3.05) is 0 Å². The Kier molecular flexibility index (Phi) is 4.22. The van der Waals surface area contributed by atoms with Crippen LogP contribution in [0, 0.1) is 5.41 Å². The lowest BCUT2D eigenvalue weighted by Gasteiger charge is -2.15. The van der Waals surface area contributed by atoms with Gasteiger partial charge in [0, 0.05) is 17.2 Å². The molecule has 24 heavy (non-hydrogen) atoms. The molecule has 2 aromatic heterocycles. The van der Waals surface area contributed by atoms with E-state index in [-0.39, 0.29) is 5.78 Å². The molecule has 0 aliphatic carbocycles. The number of rotatable bonds is 4. The average molecular weight is 321 g/mol. The number of H-pyrrole nitrogens is 1. The molecular formula is C20H23N3O. The summed E-state index contributed by atoms with van der Waals surface area (Å²) in [6, 6.07) is 8.36. The fourth-order valence-electron chi connectivity index (χ4n) is 2.78. The first-order valence-corrected chi connectivity index (χ1v) is 8.38. The van der Waals surface area contributed by atoms with E-state index in [1.54, 1.807) is 12.4 Å². The second kappa shape index (κ2) is 6.19. The number of aryl methyl sites for hydroxylation is 1. The number of Topliss-reactive ketones (excluding diaryl/α,β-unsaturated/α-hetero) is 1. The summed E-state index contributed by atoms with van der Waals surface area (Å²) in [5.74, 6) is 0.0694. The molecule has 0 fully saturated rings. The second-order valence-corrected chi connectivity index (χ2v) is 7.18. The number of hydrogen-bond donors (Lipinski definition) is 1. The van der Waals surface area contributed by atoms with Gasteiger partial charge in [0.15, 0.2) is 11.4 Å². The summed E-state index contributed by atoms with van der Waals surface area (Å²) < 4.78 is 0. The van der Waals surface area contributed by atoms with Gasteiger partial charge < -0.3 is 4.98 Å². The van der Waals surface area contributed by atoms with Gasteiger partial charge in [-0.1, -0.05) is 52.3 Å². The number of benzene rings is 1. The predicted molar refractivity (Wildman–Crippen MR) is 97.1 cm³/mol. The van der Waals surface area contributed by atoms with Crippen LogP contribution in [0.3, 0.4) is 0 Å². The van der Waals surface area contributed by atoms with Gasteiger partial charge in [-0.3, -0.25) is 4.79 Å². The topological polar surface area (TPSA) is 58.6 Å². The van der Waals surface area contributed by atoms with Gasteiger partial charge in [-0.2, -0.15) is 0 Å². The van der Waals surface area contributed by atoms with Crippen LogP contribution >= 0.6 is 0 Å². The van der Waals surface area contributed by atoms with E-state index in [0.29, 0.717) is 16.7 Å². The Hall–Kier alpha value is -2.49. The van der Waals surface area contributed by atoms with Crippen LogP contribution in [0.25, 0.3) is 22.4 Å². The molecular weight excluding hydrogens is 298 g/mol. The molecule has 0 aliphatic heterocycles. The zero-order valence-electron chi connectivity index (χ0n) is 14.7. The molecule has 3 rings (SSSR count). The predicted octanol–water partition coefficient (Wildman–Crippen LogP) is 4.81. The molecule has 0 amide bonds. The molecule has 0 saturated carbocycles. The molecule has 0 saturated heterocycles. The highest BCUT2D eigenvalue weighted by Crippen LogP contribution is 2.27. The highest BCUT2D eigenvalue weighted by molar-refractivity contribution is 6.08. The third kappa shape index (κ3) is 3.09.